The van der Waals surface area contributed by atoms with Crippen molar-refractivity contribution in [2.45, 2.75) is 51.7 Å². The molecular weight excluding hydrogens is 288 g/mol. The first kappa shape index (κ1) is 16.0. The van der Waals surface area contributed by atoms with Gasteiger partial charge in [0.1, 0.15) is 11.4 Å². The molecule has 0 saturated heterocycles. The monoisotopic (exact) mass is 308 g/mol. The van der Waals surface area contributed by atoms with Gasteiger partial charge in [0.15, 0.2) is 6.10 Å². The van der Waals surface area contributed by atoms with Gasteiger partial charge >= 0.3 is 5.97 Å². The molecule has 120 valence electrons. The van der Waals surface area contributed by atoms with Crippen molar-refractivity contribution in [3.05, 3.63) is 11.8 Å². The Morgan fingerprint density at radius 3 is 2.59 bits per heavy atom. The average Bonchev–Trinajstić information content (AvgIpc) is 3.05. The van der Waals surface area contributed by atoms with Crippen LogP contribution in [0.2, 0.25) is 0 Å². The molecule has 0 spiro atoms. The van der Waals surface area contributed by atoms with Crippen LogP contribution in [-0.4, -0.2) is 33.7 Å². The largest absolute Gasteiger partial charge is 0.453 e. The van der Waals surface area contributed by atoms with E-state index in [9.17, 15) is 14.4 Å². The first-order chi connectivity index (χ1) is 10.4. The van der Waals surface area contributed by atoms with Gasteiger partial charge in [0.25, 0.3) is 11.8 Å². The maximum Gasteiger partial charge on any atom is 0.303 e. The van der Waals surface area contributed by atoms with E-state index in [1.165, 1.54) is 20.0 Å². The van der Waals surface area contributed by atoms with Gasteiger partial charge < -0.3 is 15.8 Å². The molecule has 22 heavy (non-hydrogen) atoms. The summed E-state index contributed by atoms with van der Waals surface area (Å²) >= 11 is 0. The Balaban J connectivity index is 2.23. The van der Waals surface area contributed by atoms with Gasteiger partial charge in [0.05, 0.1) is 12.2 Å². The van der Waals surface area contributed by atoms with Crippen molar-refractivity contribution >= 4 is 23.6 Å². The van der Waals surface area contributed by atoms with Crippen molar-refractivity contribution in [3.8, 4) is 0 Å². The zero-order valence-corrected chi connectivity index (χ0v) is 12.7. The highest BCUT2D eigenvalue weighted by Gasteiger charge is 2.26. The summed E-state index contributed by atoms with van der Waals surface area (Å²) in [5.74, 6) is -1.48. The number of hydrogen-bond acceptors (Lipinski definition) is 5. The van der Waals surface area contributed by atoms with Gasteiger partial charge in [-0.15, -0.1) is 0 Å². The maximum atomic E-state index is 12.1. The van der Waals surface area contributed by atoms with Crippen LogP contribution in [0.3, 0.4) is 0 Å². The van der Waals surface area contributed by atoms with E-state index in [0.29, 0.717) is 0 Å². The normalized spacial score (nSPS) is 16.3. The number of hydrogen-bond donors (Lipinski definition) is 2. The number of esters is 1. The SMILES string of the molecule is CC(=O)OC(C)C(=O)Nc1c(C(N)=O)cnn1C1CCCC1. The molecule has 1 heterocycles. The predicted octanol–water partition coefficient (Wildman–Crippen LogP) is 0.987. The van der Waals surface area contributed by atoms with Gasteiger partial charge in [-0.2, -0.15) is 5.10 Å². The number of nitrogens with one attached hydrogen (secondary N) is 1. The molecule has 1 fully saturated rings. The molecule has 1 atom stereocenters. The molecule has 0 bridgehead atoms. The Morgan fingerprint density at radius 2 is 2.05 bits per heavy atom. The lowest BCUT2D eigenvalue weighted by molar-refractivity contribution is -0.150. The van der Waals surface area contributed by atoms with E-state index in [-0.39, 0.29) is 17.4 Å². The molecule has 0 aliphatic heterocycles. The van der Waals surface area contributed by atoms with E-state index in [1.54, 1.807) is 4.68 Å². The minimum Gasteiger partial charge on any atom is -0.453 e. The van der Waals surface area contributed by atoms with Crippen molar-refractivity contribution in [2.75, 3.05) is 5.32 Å². The fraction of sp³-hybridized carbons (Fsp3) is 0.571. The van der Waals surface area contributed by atoms with Crippen molar-refractivity contribution in [1.29, 1.82) is 0 Å². The number of rotatable bonds is 5. The summed E-state index contributed by atoms with van der Waals surface area (Å²) < 4.78 is 6.46. The minimum absolute atomic E-state index is 0.132. The quantitative estimate of drug-likeness (QED) is 0.787. The highest BCUT2D eigenvalue weighted by molar-refractivity contribution is 6.03. The lowest BCUT2D eigenvalue weighted by atomic mass is 10.2. The Labute approximate surface area is 128 Å². The number of aromatic nitrogens is 2. The second-order valence-electron chi connectivity index (χ2n) is 5.39. The molecule has 1 aromatic heterocycles. The second-order valence-corrected chi connectivity index (χ2v) is 5.39. The topological polar surface area (TPSA) is 116 Å². The van der Waals surface area contributed by atoms with Crippen LogP contribution in [0.15, 0.2) is 6.20 Å². The van der Waals surface area contributed by atoms with Gasteiger partial charge in [0.2, 0.25) is 0 Å². The third kappa shape index (κ3) is 3.44. The number of nitrogens with two attached hydrogens (primary N) is 1. The number of carbonyl (C=O) groups is 3. The number of anilines is 1. The summed E-state index contributed by atoms with van der Waals surface area (Å²) in [6.07, 6.45) is 4.41. The van der Waals surface area contributed by atoms with Gasteiger partial charge in [-0.05, 0) is 19.8 Å². The number of amides is 2. The minimum atomic E-state index is -0.967. The molecule has 8 heteroatoms. The highest BCUT2D eigenvalue weighted by Crippen LogP contribution is 2.32. The first-order valence-electron chi connectivity index (χ1n) is 7.25. The molecule has 1 aromatic rings. The maximum absolute atomic E-state index is 12.1. The van der Waals surface area contributed by atoms with Crippen LogP contribution in [-0.2, 0) is 14.3 Å². The predicted molar refractivity (Wildman–Crippen MR) is 78.1 cm³/mol. The Morgan fingerprint density at radius 1 is 1.41 bits per heavy atom. The molecule has 1 aliphatic rings. The fourth-order valence-electron chi connectivity index (χ4n) is 2.61. The Kier molecular flexibility index (Phi) is 4.79. The van der Waals surface area contributed by atoms with Crippen molar-refractivity contribution in [1.82, 2.24) is 9.78 Å². The van der Waals surface area contributed by atoms with Gasteiger partial charge in [-0.25, -0.2) is 4.68 Å². The number of nitrogens with zero attached hydrogens (tertiary/aromatic N) is 2. The molecule has 8 nitrogen and oxygen atoms in total. The summed E-state index contributed by atoms with van der Waals surface area (Å²) in [5, 5.41) is 6.79. The first-order valence-corrected chi connectivity index (χ1v) is 7.25. The van der Waals surface area contributed by atoms with Crippen molar-refractivity contribution in [2.24, 2.45) is 5.73 Å². The Bertz CT molecular complexity index is 590. The van der Waals surface area contributed by atoms with Crippen LogP contribution < -0.4 is 11.1 Å². The molecular formula is C14H20N4O4. The average molecular weight is 308 g/mol. The highest BCUT2D eigenvalue weighted by atomic mass is 16.5. The van der Waals surface area contributed by atoms with E-state index >= 15 is 0 Å². The molecule has 0 aromatic carbocycles. The second kappa shape index (κ2) is 6.59. The van der Waals surface area contributed by atoms with Crippen LogP contribution in [0, 0.1) is 0 Å². The third-order valence-corrected chi connectivity index (χ3v) is 3.69. The fourth-order valence-corrected chi connectivity index (χ4v) is 2.61. The third-order valence-electron chi connectivity index (χ3n) is 3.69. The van der Waals surface area contributed by atoms with Gasteiger partial charge in [-0.3, -0.25) is 14.4 Å². The summed E-state index contributed by atoms with van der Waals surface area (Å²) in [7, 11) is 0. The van der Waals surface area contributed by atoms with E-state index in [4.69, 9.17) is 10.5 Å². The summed E-state index contributed by atoms with van der Waals surface area (Å²) in [6, 6.07) is 0.132. The molecule has 2 amide bonds. The molecule has 3 N–H and O–H groups in total. The summed E-state index contributed by atoms with van der Waals surface area (Å²) in [5.41, 5.74) is 5.48. The zero-order valence-electron chi connectivity index (χ0n) is 12.7. The molecule has 1 saturated carbocycles. The molecule has 0 radical (unpaired) electrons. The van der Waals surface area contributed by atoms with E-state index in [1.807, 2.05) is 0 Å². The number of ether oxygens (including phenoxy) is 1. The number of primary amides is 1. The molecule has 1 unspecified atom stereocenters. The lowest BCUT2D eigenvalue weighted by Crippen LogP contribution is -2.31. The lowest BCUT2D eigenvalue weighted by Gasteiger charge is -2.17. The van der Waals surface area contributed by atoms with Crippen LogP contribution in [0.25, 0.3) is 0 Å². The van der Waals surface area contributed by atoms with E-state index < -0.39 is 23.9 Å². The van der Waals surface area contributed by atoms with E-state index in [0.717, 1.165) is 25.7 Å². The smallest absolute Gasteiger partial charge is 0.303 e. The van der Waals surface area contributed by atoms with Gasteiger partial charge in [-0.1, -0.05) is 12.8 Å². The zero-order chi connectivity index (χ0) is 16.3. The summed E-state index contributed by atoms with van der Waals surface area (Å²) in [4.78, 5) is 34.5. The summed E-state index contributed by atoms with van der Waals surface area (Å²) in [6.45, 7) is 2.68. The van der Waals surface area contributed by atoms with E-state index in [2.05, 4.69) is 10.4 Å². The number of carbonyl (C=O) groups excluding carboxylic acids is 3. The molecule has 1 aliphatic carbocycles. The molecule has 2 rings (SSSR count). The van der Waals surface area contributed by atoms with Crippen LogP contribution >= 0.6 is 0 Å². The van der Waals surface area contributed by atoms with Crippen LogP contribution in [0.1, 0.15) is 55.9 Å². The Hall–Kier alpha value is -2.38. The standard InChI is InChI=1S/C14H20N4O4/c1-8(22-9(2)19)14(21)17-13-11(12(15)20)7-16-18(13)10-5-3-4-6-10/h7-8,10H,3-6H2,1-2H3,(H2,15,20)(H,17,21). The van der Waals surface area contributed by atoms with Crippen molar-refractivity contribution in [3.63, 3.8) is 0 Å². The van der Waals surface area contributed by atoms with Crippen LogP contribution in [0.5, 0.6) is 0 Å². The van der Waals surface area contributed by atoms with Crippen LogP contribution in [0.4, 0.5) is 5.82 Å². The van der Waals surface area contributed by atoms with Gasteiger partial charge in [0, 0.05) is 6.92 Å². The van der Waals surface area contributed by atoms with Crippen molar-refractivity contribution < 1.29 is 19.1 Å².